The Labute approximate surface area is 276 Å². The topological polar surface area (TPSA) is 81.7 Å². The van der Waals surface area contributed by atoms with Crippen LogP contribution in [0.25, 0.3) is 0 Å². The molecule has 0 N–H and O–H groups in total. The Kier molecular flexibility index (Phi) is 15.4. The monoisotopic (exact) mass is 720 g/mol. The van der Waals surface area contributed by atoms with Gasteiger partial charge in [0.1, 0.15) is 11.4 Å². The molecule has 0 radical (unpaired) electrons. The third kappa shape index (κ3) is 18.2. The van der Waals surface area contributed by atoms with Gasteiger partial charge in [-0.3, -0.25) is 4.79 Å². The molecule has 14 heteroatoms. The largest absolute Gasteiger partial charge is 0.494 e. The molecule has 0 aliphatic heterocycles. The zero-order valence-electron chi connectivity index (χ0n) is 30.8. The highest BCUT2D eigenvalue weighted by Gasteiger charge is 2.43. The third-order valence-electron chi connectivity index (χ3n) is 5.85. The first-order valence-corrected chi connectivity index (χ1v) is 34.4. The van der Waals surface area contributed by atoms with Gasteiger partial charge >= 0.3 is 17.4 Å². The van der Waals surface area contributed by atoms with E-state index in [1.54, 1.807) is 12.1 Å². The summed E-state index contributed by atoms with van der Waals surface area (Å²) < 4.78 is 44.3. The molecule has 0 fully saturated rings. The maximum atomic E-state index is 13.3. The number of benzene rings is 1. The van der Waals surface area contributed by atoms with Crippen molar-refractivity contribution in [2.24, 2.45) is 0 Å². The smallest absolute Gasteiger partial charge is 0.476 e. The fourth-order valence-electron chi connectivity index (χ4n) is 4.95. The molecular weight excluding hydrogens is 657 g/mol. The third-order valence-corrected chi connectivity index (χ3v) is 24.1. The summed E-state index contributed by atoms with van der Waals surface area (Å²) in [5.74, 6) is 0.661. The molecule has 0 aliphatic carbocycles. The first-order chi connectivity index (χ1) is 19.6. The number of carbonyl (C=O) groups excluding carboxylic acids is 1. The average molecular weight is 721 g/mol. The molecule has 8 nitrogen and oxygen atoms in total. The Morgan fingerprint density at radius 2 is 1.07 bits per heavy atom. The van der Waals surface area contributed by atoms with Crippen LogP contribution in [0.5, 0.6) is 5.75 Å². The van der Waals surface area contributed by atoms with Gasteiger partial charge in [0.05, 0.1) is 6.61 Å². The summed E-state index contributed by atoms with van der Waals surface area (Å²) in [5, 5.41) is 0. The molecule has 0 atom stereocenters. The minimum absolute atomic E-state index is 0.0526. The highest BCUT2D eigenvalue weighted by Crippen LogP contribution is 2.27. The van der Waals surface area contributed by atoms with Crippen LogP contribution < -0.4 is 4.74 Å². The Morgan fingerprint density at radius 1 is 0.614 bits per heavy atom. The summed E-state index contributed by atoms with van der Waals surface area (Å²) in [6, 6.07) is 8.14. The predicted molar refractivity (Wildman–Crippen MR) is 197 cm³/mol. The van der Waals surface area contributed by atoms with Gasteiger partial charge in [-0.2, -0.15) is 0 Å². The van der Waals surface area contributed by atoms with Crippen LogP contribution in [0.1, 0.15) is 37.0 Å². The second-order valence-electron chi connectivity index (χ2n) is 16.2. The minimum atomic E-state index is -2.72. The number of ketones is 1. The Bertz CT molecular complexity index is 992. The Hall–Kier alpha value is -0.249. The van der Waals surface area contributed by atoms with Gasteiger partial charge < -0.3 is 30.4 Å². The maximum absolute atomic E-state index is 13.3. The van der Waals surface area contributed by atoms with Crippen LogP contribution in [0.4, 0.5) is 0 Å². The van der Waals surface area contributed by atoms with E-state index in [0.29, 0.717) is 37.6 Å². The van der Waals surface area contributed by atoms with E-state index in [1.165, 1.54) is 0 Å². The van der Waals surface area contributed by atoms with Gasteiger partial charge in [0, 0.05) is 31.7 Å². The number of ether oxygens (including phenoxy) is 2. The molecule has 0 saturated carbocycles. The molecule has 1 rings (SSSR count). The first kappa shape index (κ1) is 41.8. The predicted octanol–water partition coefficient (Wildman–Crippen LogP) is 8.89. The number of hydrogen-bond acceptors (Lipinski definition) is 8. The second kappa shape index (κ2) is 16.2. The van der Waals surface area contributed by atoms with Crippen molar-refractivity contribution in [3.05, 3.63) is 29.8 Å². The molecule has 0 heterocycles. The molecule has 0 amide bonds. The lowest BCUT2D eigenvalue weighted by atomic mass is 9.96. The molecular formula is C30H64O8Si6. The Balaban J connectivity index is 2.63. The summed E-state index contributed by atoms with van der Waals surface area (Å²) in [7, 11) is -12.2. The average Bonchev–Trinajstić information content (AvgIpc) is 2.76. The molecule has 0 spiro atoms. The van der Waals surface area contributed by atoms with Crippen LogP contribution >= 0.6 is 0 Å². The van der Waals surface area contributed by atoms with E-state index in [-0.39, 0.29) is 5.78 Å². The SMILES string of the molecule is CC(C)(OCCC[Si](C)(O[Si](C)(C)C)O[Si](C)(C)C)C(=O)c1ccc(OCCCO[Si](C)(O[Si](C)(C)C)O[Si](C)(C)C)cc1. The molecule has 0 aliphatic rings. The van der Waals surface area contributed by atoms with Crippen molar-refractivity contribution in [1.82, 2.24) is 0 Å². The summed E-state index contributed by atoms with van der Waals surface area (Å²) >= 11 is 0. The fourth-order valence-corrected chi connectivity index (χ4v) is 27.9. The van der Waals surface area contributed by atoms with Gasteiger partial charge in [0.2, 0.25) is 0 Å². The molecule has 256 valence electrons. The van der Waals surface area contributed by atoms with E-state index in [2.05, 4.69) is 85.1 Å². The van der Waals surface area contributed by atoms with Crippen LogP contribution in [0.3, 0.4) is 0 Å². The molecule has 1 aromatic carbocycles. The normalized spacial score (nSPS) is 14.2. The summed E-state index contributed by atoms with van der Waals surface area (Å²) in [4.78, 5) is 13.3. The van der Waals surface area contributed by atoms with E-state index in [0.717, 1.165) is 12.5 Å². The summed E-state index contributed by atoms with van der Waals surface area (Å²) in [6.07, 6.45) is 1.50. The quantitative estimate of drug-likeness (QED) is 0.0708. The summed E-state index contributed by atoms with van der Waals surface area (Å²) in [5.41, 5.74) is -0.341. The number of hydrogen-bond donors (Lipinski definition) is 0. The van der Waals surface area contributed by atoms with Crippen LogP contribution in [0.15, 0.2) is 24.3 Å². The maximum Gasteiger partial charge on any atom is 0.476 e. The first-order valence-electron chi connectivity index (χ1n) is 16.0. The van der Waals surface area contributed by atoms with Gasteiger partial charge in [-0.1, -0.05) is 0 Å². The van der Waals surface area contributed by atoms with Crippen LogP contribution in [-0.2, 0) is 25.6 Å². The molecule has 0 unspecified atom stereocenters. The second-order valence-corrected chi connectivity index (χ2v) is 41.2. The van der Waals surface area contributed by atoms with E-state index >= 15 is 0 Å². The van der Waals surface area contributed by atoms with E-state index in [4.69, 9.17) is 30.4 Å². The van der Waals surface area contributed by atoms with E-state index in [9.17, 15) is 4.79 Å². The van der Waals surface area contributed by atoms with Crippen molar-refractivity contribution in [2.75, 3.05) is 19.8 Å². The lowest BCUT2D eigenvalue weighted by Gasteiger charge is -2.38. The molecule has 0 saturated heterocycles. The van der Waals surface area contributed by atoms with Gasteiger partial charge in [0.25, 0.3) is 0 Å². The van der Waals surface area contributed by atoms with Crippen molar-refractivity contribution < 1.29 is 35.2 Å². The molecule has 44 heavy (non-hydrogen) atoms. The zero-order valence-corrected chi connectivity index (χ0v) is 36.8. The number of carbonyl (C=O) groups is 1. The van der Waals surface area contributed by atoms with Crippen molar-refractivity contribution in [3.63, 3.8) is 0 Å². The lowest BCUT2D eigenvalue weighted by Crippen LogP contribution is -2.54. The van der Waals surface area contributed by atoms with Gasteiger partial charge in [-0.25, -0.2) is 0 Å². The van der Waals surface area contributed by atoms with Gasteiger partial charge in [-0.05, 0) is 136 Å². The molecule has 1 aromatic rings. The van der Waals surface area contributed by atoms with Crippen LogP contribution in [-0.4, -0.2) is 81.8 Å². The highest BCUT2D eigenvalue weighted by atomic mass is 28.5. The van der Waals surface area contributed by atoms with Crippen molar-refractivity contribution in [2.45, 2.75) is 130 Å². The lowest BCUT2D eigenvalue weighted by molar-refractivity contribution is -0.00451. The van der Waals surface area contributed by atoms with Crippen LogP contribution in [0, 0.1) is 0 Å². The van der Waals surface area contributed by atoms with E-state index in [1.807, 2.05) is 32.5 Å². The van der Waals surface area contributed by atoms with Crippen molar-refractivity contribution in [1.29, 1.82) is 0 Å². The standard InChI is InChI=1S/C30H64O8Si6/c1-30(2,33-24-18-26-43(15,35-39(3,4)5)36-40(6,7)8)29(31)27-19-21-28(22-20-27)32-23-17-25-34-44(16,37-41(9,10)11)38-42(12,13)14/h19-22H,17-18,23-26H2,1-16H3. The minimum Gasteiger partial charge on any atom is -0.494 e. The fraction of sp³-hybridized carbons (Fsp3) is 0.767. The molecule has 0 bridgehead atoms. The number of Topliss-reactive ketones (excluding diaryl/α,β-unsaturated/α-hetero) is 1. The highest BCUT2D eigenvalue weighted by molar-refractivity contribution is 6.87. The van der Waals surface area contributed by atoms with Gasteiger partial charge in [0.15, 0.2) is 39.1 Å². The van der Waals surface area contributed by atoms with Crippen LogP contribution in [0.2, 0.25) is 97.7 Å². The van der Waals surface area contributed by atoms with Crippen molar-refractivity contribution >= 4 is 56.4 Å². The zero-order chi connectivity index (χ0) is 34.3. The Morgan fingerprint density at radius 3 is 1.50 bits per heavy atom. The molecule has 0 aromatic heterocycles. The van der Waals surface area contributed by atoms with E-state index < -0.39 is 56.2 Å². The van der Waals surface area contributed by atoms with Gasteiger partial charge in [-0.15, -0.1) is 0 Å². The van der Waals surface area contributed by atoms with Crippen molar-refractivity contribution in [3.8, 4) is 5.75 Å². The number of rotatable bonds is 21. The summed E-state index contributed by atoms with van der Waals surface area (Å²) in [6.45, 7) is 35.6.